The highest BCUT2D eigenvalue weighted by atomic mass is 32.2. The van der Waals surface area contributed by atoms with E-state index >= 15 is 0 Å². The second-order valence-electron chi connectivity index (χ2n) is 8.25. The molecule has 0 saturated heterocycles. The smallest absolute Gasteiger partial charge is 0.303 e. The van der Waals surface area contributed by atoms with E-state index in [1.165, 1.54) is 70.6 Å². The van der Waals surface area contributed by atoms with E-state index in [9.17, 15) is 13.2 Å². The molecule has 0 fully saturated rings. The van der Waals surface area contributed by atoms with E-state index in [-0.39, 0.29) is 6.54 Å². The number of unbranched alkanes of at least 4 members (excludes halogenated alkanes) is 14. The summed E-state index contributed by atoms with van der Waals surface area (Å²) in [7, 11) is -3.92. The largest absolute Gasteiger partial charge is 0.481 e. The maximum Gasteiger partial charge on any atom is 0.303 e. The quantitative estimate of drug-likeness (QED) is 0.147. The van der Waals surface area contributed by atoms with E-state index in [1.54, 1.807) is 0 Å². The summed E-state index contributed by atoms with van der Waals surface area (Å²) in [5.74, 6) is -0.655. The second-order valence-corrected chi connectivity index (χ2v) is 9.95. The Morgan fingerprint density at radius 2 is 1.10 bits per heavy atom. The number of carboxylic acids is 1. The summed E-state index contributed by atoms with van der Waals surface area (Å²) in [6, 6.07) is 0. The zero-order chi connectivity index (χ0) is 23.1. The molecule has 0 aliphatic rings. The molecule has 0 radical (unpaired) electrons. The summed E-state index contributed by atoms with van der Waals surface area (Å²) in [5.41, 5.74) is 5.20. The first kappa shape index (κ1) is 31.5. The lowest BCUT2D eigenvalue weighted by Crippen LogP contribution is -2.29. The summed E-state index contributed by atoms with van der Waals surface area (Å²) >= 11 is 0. The van der Waals surface area contributed by atoms with Gasteiger partial charge in [0.25, 0.3) is 10.1 Å². The number of nitrogens with two attached hydrogens (primary N) is 1. The predicted octanol–water partition coefficient (Wildman–Crippen LogP) is 6.33. The van der Waals surface area contributed by atoms with Crippen LogP contribution in [0.5, 0.6) is 0 Å². The maximum absolute atomic E-state index is 10.6. The van der Waals surface area contributed by atoms with Crippen molar-refractivity contribution in [3.05, 3.63) is 0 Å². The highest BCUT2D eigenvalue weighted by Crippen LogP contribution is 2.13. The minimum atomic E-state index is -3.92. The fourth-order valence-electron chi connectivity index (χ4n) is 3.30. The van der Waals surface area contributed by atoms with Crippen molar-refractivity contribution in [3.63, 3.8) is 0 Å². The molecule has 0 aromatic rings. The third-order valence-electron chi connectivity index (χ3n) is 5.31. The van der Waals surface area contributed by atoms with Gasteiger partial charge in [0, 0.05) is 13.0 Å². The normalized spacial score (nSPS) is 12.3. The first-order valence-electron chi connectivity index (χ1n) is 12.2. The van der Waals surface area contributed by atoms with Crippen molar-refractivity contribution in [2.24, 2.45) is 5.73 Å². The first-order valence-corrected chi connectivity index (χ1v) is 13.7. The average molecular weight is 452 g/mol. The summed E-state index contributed by atoms with van der Waals surface area (Å²) in [4.78, 5) is 10.3. The van der Waals surface area contributed by atoms with Crippen LogP contribution in [0.3, 0.4) is 0 Å². The molecule has 4 N–H and O–H groups in total. The Morgan fingerprint density at radius 1 is 0.733 bits per heavy atom. The van der Waals surface area contributed by atoms with Crippen LogP contribution < -0.4 is 5.73 Å². The van der Waals surface area contributed by atoms with Gasteiger partial charge in [-0.15, -0.1) is 0 Å². The molecule has 30 heavy (non-hydrogen) atoms. The van der Waals surface area contributed by atoms with Crippen molar-refractivity contribution in [1.82, 2.24) is 0 Å². The number of hydrogen-bond donors (Lipinski definition) is 3. The fourth-order valence-corrected chi connectivity index (χ4v) is 4.01. The molecule has 0 bridgehead atoms. The molecule has 0 aliphatic carbocycles. The average Bonchev–Trinajstić information content (AvgIpc) is 2.68. The molecule has 0 amide bonds. The van der Waals surface area contributed by atoms with Gasteiger partial charge in [-0.3, -0.25) is 9.35 Å². The van der Waals surface area contributed by atoms with E-state index in [2.05, 4.69) is 6.92 Å². The molecule has 6 nitrogen and oxygen atoms in total. The SMILES string of the molecule is CCCCCC(CN)S(=O)(=O)O.CCCCCCCCCCCCCCCC(=O)O. The monoisotopic (exact) mass is 451 g/mol. The third-order valence-corrected chi connectivity index (χ3v) is 6.58. The predicted molar refractivity (Wildman–Crippen MR) is 126 cm³/mol. The Hall–Kier alpha value is -0.660. The highest BCUT2D eigenvalue weighted by Gasteiger charge is 2.20. The number of carbonyl (C=O) groups is 1. The number of rotatable bonds is 20. The minimum absolute atomic E-state index is 0.00253. The van der Waals surface area contributed by atoms with E-state index < -0.39 is 21.3 Å². The Kier molecular flexibility index (Phi) is 24.2. The van der Waals surface area contributed by atoms with Gasteiger partial charge >= 0.3 is 5.97 Å². The van der Waals surface area contributed by atoms with Crippen molar-refractivity contribution in [2.45, 2.75) is 135 Å². The first-order chi connectivity index (χ1) is 14.3. The van der Waals surface area contributed by atoms with E-state index in [1.807, 2.05) is 6.92 Å². The summed E-state index contributed by atoms with van der Waals surface area (Å²) in [6.07, 6.45) is 20.5. The molecule has 182 valence electrons. The topological polar surface area (TPSA) is 118 Å². The minimum Gasteiger partial charge on any atom is -0.481 e. The fraction of sp³-hybridized carbons (Fsp3) is 0.957. The van der Waals surface area contributed by atoms with Crippen LogP contribution in [0.2, 0.25) is 0 Å². The van der Waals surface area contributed by atoms with Crippen molar-refractivity contribution in [1.29, 1.82) is 0 Å². The molecule has 7 heteroatoms. The van der Waals surface area contributed by atoms with Gasteiger partial charge in [0.15, 0.2) is 0 Å². The van der Waals surface area contributed by atoms with E-state index in [0.717, 1.165) is 32.1 Å². The molecule has 1 atom stereocenters. The molecular formula is C23H49NO5S. The van der Waals surface area contributed by atoms with Crippen LogP contribution >= 0.6 is 0 Å². The van der Waals surface area contributed by atoms with Gasteiger partial charge in [0.05, 0.1) is 5.25 Å². The van der Waals surface area contributed by atoms with Crippen LogP contribution in [-0.2, 0) is 14.9 Å². The summed E-state index contributed by atoms with van der Waals surface area (Å²) in [5, 5.41) is 7.72. The summed E-state index contributed by atoms with van der Waals surface area (Å²) < 4.78 is 29.9. The van der Waals surface area contributed by atoms with Crippen LogP contribution in [0.1, 0.15) is 129 Å². The van der Waals surface area contributed by atoms with Crippen molar-refractivity contribution >= 4 is 16.1 Å². The summed E-state index contributed by atoms with van der Waals surface area (Å²) in [6.45, 7) is 4.30. The molecule has 0 spiro atoms. The maximum atomic E-state index is 10.6. The van der Waals surface area contributed by atoms with Gasteiger partial charge in [0.1, 0.15) is 0 Å². The van der Waals surface area contributed by atoms with Gasteiger partial charge < -0.3 is 10.8 Å². The highest BCUT2D eigenvalue weighted by molar-refractivity contribution is 7.86. The van der Waals surface area contributed by atoms with Crippen LogP contribution in [0.25, 0.3) is 0 Å². The molecule has 0 heterocycles. The lowest BCUT2D eigenvalue weighted by atomic mass is 10.0. The molecular weight excluding hydrogens is 402 g/mol. The Morgan fingerprint density at radius 3 is 1.43 bits per heavy atom. The number of carboxylic acid groups (broad SMARTS) is 1. The Bertz CT molecular complexity index is 468. The lowest BCUT2D eigenvalue weighted by molar-refractivity contribution is -0.137. The Balaban J connectivity index is 0. The van der Waals surface area contributed by atoms with E-state index in [4.69, 9.17) is 15.4 Å². The molecule has 0 saturated carbocycles. The second kappa shape index (κ2) is 23.0. The van der Waals surface area contributed by atoms with Crippen LogP contribution in [0.4, 0.5) is 0 Å². The zero-order valence-electron chi connectivity index (χ0n) is 19.6. The van der Waals surface area contributed by atoms with Crippen molar-refractivity contribution < 1.29 is 22.9 Å². The van der Waals surface area contributed by atoms with E-state index in [0.29, 0.717) is 12.8 Å². The molecule has 0 rings (SSSR count). The number of aliphatic carboxylic acids is 1. The van der Waals surface area contributed by atoms with Crippen LogP contribution in [0.15, 0.2) is 0 Å². The van der Waals surface area contributed by atoms with Gasteiger partial charge in [-0.05, 0) is 12.8 Å². The van der Waals surface area contributed by atoms with Gasteiger partial charge in [-0.25, -0.2) is 0 Å². The van der Waals surface area contributed by atoms with Gasteiger partial charge in [0.2, 0.25) is 0 Å². The van der Waals surface area contributed by atoms with Gasteiger partial charge in [-0.1, -0.05) is 110 Å². The van der Waals surface area contributed by atoms with Crippen molar-refractivity contribution in [3.8, 4) is 0 Å². The standard InChI is InChI=1S/C16H32O2.C7H17NO3S/c1-2-3-4-5-6-7-8-9-10-11-12-13-14-15-16(17)18;1-2-3-4-5-7(6-8)12(9,10)11/h2-15H2,1H3,(H,17,18);7H,2-6,8H2,1H3,(H,9,10,11). The number of hydrogen-bond acceptors (Lipinski definition) is 4. The zero-order valence-corrected chi connectivity index (χ0v) is 20.4. The molecule has 0 aromatic carbocycles. The molecule has 0 aliphatic heterocycles. The molecule has 1 unspecified atom stereocenters. The van der Waals surface area contributed by atoms with Crippen LogP contribution in [-0.4, -0.2) is 35.8 Å². The third kappa shape index (κ3) is 25.4. The van der Waals surface area contributed by atoms with Crippen molar-refractivity contribution in [2.75, 3.05) is 6.54 Å². The Labute approximate surface area is 186 Å². The lowest BCUT2D eigenvalue weighted by Gasteiger charge is -2.09. The van der Waals surface area contributed by atoms with Gasteiger partial charge in [-0.2, -0.15) is 8.42 Å². The molecule has 0 aromatic heterocycles. The van der Waals surface area contributed by atoms with Crippen LogP contribution in [0, 0.1) is 0 Å².